The van der Waals surface area contributed by atoms with Crippen molar-refractivity contribution in [2.75, 3.05) is 11.9 Å². The molecule has 126 valence electrons. The largest absolute Gasteiger partial charge is 0.492 e. The molecular weight excluding hydrogens is 306 g/mol. The summed E-state index contributed by atoms with van der Waals surface area (Å²) < 4.78 is 5.55. The summed E-state index contributed by atoms with van der Waals surface area (Å²) in [6.45, 7) is 2.39. The summed E-state index contributed by atoms with van der Waals surface area (Å²) in [7, 11) is 0. The van der Waals surface area contributed by atoms with E-state index in [9.17, 15) is 14.7 Å². The van der Waals surface area contributed by atoms with Crippen molar-refractivity contribution >= 4 is 17.6 Å². The molecule has 2 fully saturated rings. The number of carboxylic acid groups (broad SMARTS) is 1. The molecule has 6 atom stereocenters. The van der Waals surface area contributed by atoms with Gasteiger partial charge in [0.05, 0.1) is 24.1 Å². The summed E-state index contributed by atoms with van der Waals surface area (Å²) in [6, 6.07) is 7.27. The Labute approximate surface area is 140 Å². The van der Waals surface area contributed by atoms with Gasteiger partial charge in [-0.2, -0.15) is 0 Å². The van der Waals surface area contributed by atoms with Crippen LogP contribution in [0.3, 0.4) is 0 Å². The Balaban J connectivity index is 1.60. The molecule has 2 saturated carbocycles. The molecule has 2 bridgehead atoms. The smallest absolute Gasteiger partial charge is 0.307 e. The topological polar surface area (TPSA) is 75.6 Å². The number of hydrogen-bond acceptors (Lipinski definition) is 3. The summed E-state index contributed by atoms with van der Waals surface area (Å²) in [6.07, 6.45) is 5.14. The number of ether oxygens (including phenoxy) is 1. The van der Waals surface area contributed by atoms with Gasteiger partial charge in [0, 0.05) is 0 Å². The molecule has 0 aromatic heterocycles. The Morgan fingerprint density at radius 1 is 1.17 bits per heavy atom. The lowest BCUT2D eigenvalue weighted by Gasteiger charge is -2.41. The predicted octanol–water partition coefficient (Wildman–Crippen LogP) is 2.79. The van der Waals surface area contributed by atoms with Crippen LogP contribution in [-0.2, 0) is 9.59 Å². The fourth-order valence-electron chi connectivity index (χ4n) is 4.64. The highest BCUT2D eigenvalue weighted by atomic mass is 16.5. The predicted molar refractivity (Wildman–Crippen MR) is 88.6 cm³/mol. The molecule has 0 saturated heterocycles. The Bertz CT molecular complexity index is 713. The number of aliphatic carboxylic acids is 1. The van der Waals surface area contributed by atoms with Crippen LogP contribution in [0.2, 0.25) is 0 Å². The molecule has 5 rings (SSSR count). The molecule has 0 spiro atoms. The highest BCUT2D eigenvalue weighted by molar-refractivity contribution is 5.97. The van der Waals surface area contributed by atoms with Crippen LogP contribution in [0.1, 0.15) is 13.3 Å². The van der Waals surface area contributed by atoms with Crippen LogP contribution in [0.25, 0.3) is 0 Å². The van der Waals surface area contributed by atoms with Gasteiger partial charge in [0.25, 0.3) is 0 Å². The number of nitrogens with one attached hydrogen (secondary N) is 1. The first kappa shape index (κ1) is 15.2. The van der Waals surface area contributed by atoms with Gasteiger partial charge in [0.2, 0.25) is 5.91 Å². The molecule has 2 N–H and O–H groups in total. The van der Waals surface area contributed by atoms with Crippen LogP contribution in [0.15, 0.2) is 36.4 Å². The number of carboxylic acids is 1. The maximum Gasteiger partial charge on any atom is 0.307 e. The van der Waals surface area contributed by atoms with Gasteiger partial charge in [-0.25, -0.2) is 0 Å². The van der Waals surface area contributed by atoms with Crippen molar-refractivity contribution in [3.63, 3.8) is 0 Å². The van der Waals surface area contributed by atoms with E-state index in [2.05, 4.69) is 11.4 Å². The summed E-state index contributed by atoms with van der Waals surface area (Å²) in [4.78, 5) is 24.7. The highest BCUT2D eigenvalue weighted by Crippen LogP contribution is 2.63. The molecule has 5 nitrogen and oxygen atoms in total. The lowest BCUT2D eigenvalue weighted by Crippen LogP contribution is -2.48. The fraction of sp³-hybridized carbons (Fsp3) is 0.474. The SMILES string of the molecule is CCOc1ccccc1NC(=O)[C@H]1[C@@H]2C=C[C@@H]([C@@H]3C[C@H]23)[C@@H]1C(=O)O. The lowest BCUT2D eigenvalue weighted by atomic mass is 9.62. The number of benzene rings is 1. The number of rotatable bonds is 5. The number of carbonyl (C=O) groups excluding carboxylic acids is 1. The average molecular weight is 327 g/mol. The van der Waals surface area contributed by atoms with E-state index in [0.717, 1.165) is 6.42 Å². The molecule has 0 heterocycles. The third-order valence-corrected chi connectivity index (χ3v) is 5.68. The van der Waals surface area contributed by atoms with E-state index in [1.165, 1.54) is 0 Å². The zero-order valence-electron chi connectivity index (χ0n) is 13.5. The maximum atomic E-state index is 12.9. The van der Waals surface area contributed by atoms with E-state index >= 15 is 0 Å². The monoisotopic (exact) mass is 327 g/mol. The molecule has 24 heavy (non-hydrogen) atoms. The first-order chi connectivity index (χ1) is 11.6. The number of para-hydroxylation sites is 2. The third-order valence-electron chi connectivity index (χ3n) is 5.68. The minimum atomic E-state index is -0.863. The van der Waals surface area contributed by atoms with Crippen LogP contribution in [0, 0.1) is 35.5 Å². The molecule has 4 aliphatic rings. The Hall–Kier alpha value is -2.30. The van der Waals surface area contributed by atoms with E-state index < -0.39 is 17.8 Å². The van der Waals surface area contributed by atoms with Crippen molar-refractivity contribution in [2.24, 2.45) is 35.5 Å². The van der Waals surface area contributed by atoms with Gasteiger partial charge in [0.1, 0.15) is 5.75 Å². The number of fused-ring (bicyclic) bond motifs is 1. The molecule has 0 aliphatic heterocycles. The quantitative estimate of drug-likeness (QED) is 0.816. The molecule has 0 unspecified atom stereocenters. The molecule has 5 heteroatoms. The second-order valence-electron chi connectivity index (χ2n) is 6.91. The molecule has 1 aromatic rings. The number of carbonyl (C=O) groups is 2. The molecule has 0 radical (unpaired) electrons. The van der Waals surface area contributed by atoms with Gasteiger partial charge >= 0.3 is 5.97 Å². The Kier molecular flexibility index (Phi) is 3.59. The second-order valence-corrected chi connectivity index (χ2v) is 6.91. The van der Waals surface area contributed by atoms with Gasteiger partial charge in [-0.05, 0) is 49.1 Å². The maximum absolute atomic E-state index is 12.9. The Morgan fingerprint density at radius 3 is 2.50 bits per heavy atom. The first-order valence-electron chi connectivity index (χ1n) is 8.55. The van der Waals surface area contributed by atoms with Crippen LogP contribution in [0.5, 0.6) is 5.75 Å². The van der Waals surface area contributed by atoms with E-state index in [4.69, 9.17) is 4.74 Å². The van der Waals surface area contributed by atoms with E-state index in [-0.39, 0.29) is 17.7 Å². The van der Waals surface area contributed by atoms with Crippen molar-refractivity contribution in [1.29, 1.82) is 0 Å². The van der Waals surface area contributed by atoms with Gasteiger partial charge in [-0.1, -0.05) is 24.3 Å². The van der Waals surface area contributed by atoms with Crippen molar-refractivity contribution in [2.45, 2.75) is 13.3 Å². The van der Waals surface area contributed by atoms with Crippen LogP contribution in [-0.4, -0.2) is 23.6 Å². The van der Waals surface area contributed by atoms with Crippen molar-refractivity contribution < 1.29 is 19.4 Å². The van der Waals surface area contributed by atoms with E-state index in [0.29, 0.717) is 29.9 Å². The van der Waals surface area contributed by atoms with Gasteiger partial charge in [-0.15, -0.1) is 0 Å². The zero-order chi connectivity index (χ0) is 16.8. The van der Waals surface area contributed by atoms with Crippen molar-refractivity contribution in [1.82, 2.24) is 0 Å². The molecule has 4 aliphatic carbocycles. The number of amides is 1. The van der Waals surface area contributed by atoms with E-state index in [1.54, 1.807) is 12.1 Å². The van der Waals surface area contributed by atoms with Crippen molar-refractivity contribution in [3.05, 3.63) is 36.4 Å². The second kappa shape index (κ2) is 5.65. The Morgan fingerprint density at radius 2 is 1.83 bits per heavy atom. The van der Waals surface area contributed by atoms with Gasteiger partial charge in [-0.3, -0.25) is 9.59 Å². The average Bonchev–Trinajstić information content (AvgIpc) is 3.38. The normalized spacial score (nSPS) is 35.2. The van der Waals surface area contributed by atoms with Crippen LogP contribution < -0.4 is 10.1 Å². The first-order valence-corrected chi connectivity index (χ1v) is 8.55. The van der Waals surface area contributed by atoms with Crippen LogP contribution in [0.4, 0.5) is 5.69 Å². The zero-order valence-corrected chi connectivity index (χ0v) is 13.5. The molecule has 1 amide bonds. The van der Waals surface area contributed by atoms with E-state index in [1.807, 2.05) is 25.1 Å². The molecule has 1 aromatic carbocycles. The van der Waals surface area contributed by atoms with Crippen molar-refractivity contribution in [3.8, 4) is 5.75 Å². The number of allylic oxidation sites excluding steroid dienone is 2. The summed E-state index contributed by atoms with van der Waals surface area (Å²) in [5.41, 5.74) is 0.603. The summed E-state index contributed by atoms with van der Waals surface area (Å²) in [5, 5.41) is 12.6. The fourth-order valence-corrected chi connectivity index (χ4v) is 4.64. The molecular formula is C19H21NO4. The van der Waals surface area contributed by atoms with Crippen LogP contribution >= 0.6 is 0 Å². The summed E-state index contributed by atoms with van der Waals surface area (Å²) >= 11 is 0. The summed E-state index contributed by atoms with van der Waals surface area (Å²) in [5.74, 6) is -0.609. The minimum Gasteiger partial charge on any atom is -0.492 e. The minimum absolute atomic E-state index is 0.00427. The standard InChI is InChI=1S/C19H21NO4/c1-2-24-15-6-4-3-5-14(15)20-18(21)16-10-7-8-11(13-9-12(10)13)17(16)19(22)23/h3-8,10-13,16-17H,2,9H2,1H3,(H,20,21)(H,22,23)/t10-,11+,12-,13+,16+,17+/m1/s1. The van der Waals surface area contributed by atoms with Gasteiger partial charge in [0.15, 0.2) is 0 Å². The highest BCUT2D eigenvalue weighted by Gasteiger charge is 2.63. The van der Waals surface area contributed by atoms with Gasteiger partial charge < -0.3 is 15.2 Å². The third kappa shape index (κ3) is 2.30. The lowest BCUT2D eigenvalue weighted by molar-refractivity contribution is -0.152. The number of hydrogen-bond donors (Lipinski definition) is 2. The number of anilines is 1.